The molecule has 0 fully saturated rings. The van der Waals surface area contributed by atoms with Crippen LogP contribution in [-0.4, -0.2) is 87.1 Å². The van der Waals surface area contributed by atoms with E-state index in [1.807, 2.05) is 13.8 Å². The van der Waals surface area contributed by atoms with Crippen LogP contribution >= 0.6 is 0 Å². The van der Waals surface area contributed by atoms with Crippen LogP contribution in [-0.2, 0) is 19.1 Å². The Bertz CT molecular complexity index is 837. The van der Waals surface area contributed by atoms with Crippen molar-refractivity contribution in [3.63, 3.8) is 0 Å². The van der Waals surface area contributed by atoms with E-state index in [1.165, 1.54) is 31.4 Å². The van der Waals surface area contributed by atoms with Crippen LogP contribution in [0.15, 0.2) is 24.3 Å². The highest BCUT2D eigenvalue weighted by molar-refractivity contribution is 5.69. The summed E-state index contributed by atoms with van der Waals surface area (Å²) in [5, 5.41) is 0. The summed E-state index contributed by atoms with van der Waals surface area (Å²) in [6.45, 7) is 8.09. The molecule has 0 rings (SSSR count). The van der Waals surface area contributed by atoms with Crippen LogP contribution in [0.1, 0.15) is 162 Å². The first kappa shape index (κ1) is 49.1. The molecular weight excluding hydrogens is 660 g/mol. The summed E-state index contributed by atoms with van der Waals surface area (Å²) in [5.74, 6) is -6.35. The summed E-state index contributed by atoms with van der Waals surface area (Å²) in [6.07, 6.45) is 22.4. The van der Waals surface area contributed by atoms with E-state index in [-0.39, 0.29) is 38.0 Å². The summed E-state index contributed by atoms with van der Waals surface area (Å²) in [6, 6.07) is 0. The van der Waals surface area contributed by atoms with Crippen molar-refractivity contribution < 1.29 is 36.6 Å². The number of halogens is 4. The first-order valence-electron chi connectivity index (χ1n) is 20.2. The highest BCUT2D eigenvalue weighted by atomic mass is 19.3. The van der Waals surface area contributed by atoms with Crippen molar-refractivity contribution >= 4 is 11.9 Å². The van der Waals surface area contributed by atoms with Gasteiger partial charge in [0.25, 0.3) is 11.8 Å². The lowest BCUT2D eigenvalue weighted by Gasteiger charge is -2.22. The highest BCUT2D eigenvalue weighted by Crippen LogP contribution is 2.24. The third kappa shape index (κ3) is 34.9. The molecule has 0 bridgehead atoms. The fraction of sp³-hybridized carbons (Fsp3) is 0.854. The number of ether oxygens (including phenoxy) is 2. The second-order valence-corrected chi connectivity index (χ2v) is 14.3. The van der Waals surface area contributed by atoms with Crippen LogP contribution in [0, 0.1) is 0 Å². The minimum absolute atomic E-state index is 0.104. The zero-order chi connectivity index (χ0) is 38.1. The summed E-state index contributed by atoms with van der Waals surface area (Å²) in [7, 11) is 4.21. The fourth-order valence-electron chi connectivity index (χ4n) is 5.80. The summed E-state index contributed by atoms with van der Waals surface area (Å²) in [4.78, 5) is 28.7. The van der Waals surface area contributed by atoms with Crippen LogP contribution in [0.2, 0.25) is 0 Å². The SMILES string of the molecule is CCCCCC(F)(F)/C=C\COC(=O)CCCCCCCN(CCCCCCCC(=O)OC/C=C\C(F)(F)CCCCC)CCCCCN(C)C. The molecule has 0 unspecified atom stereocenters. The molecule has 0 heterocycles. The Morgan fingerprint density at radius 2 is 0.863 bits per heavy atom. The van der Waals surface area contributed by atoms with Gasteiger partial charge in [0, 0.05) is 25.7 Å². The predicted octanol–water partition coefficient (Wildman–Crippen LogP) is 11.3. The minimum Gasteiger partial charge on any atom is -0.461 e. The fourth-order valence-corrected chi connectivity index (χ4v) is 5.80. The number of hydrogen-bond donors (Lipinski definition) is 0. The Morgan fingerprint density at radius 3 is 1.25 bits per heavy atom. The van der Waals surface area contributed by atoms with Crippen molar-refractivity contribution in [2.45, 2.75) is 173 Å². The van der Waals surface area contributed by atoms with Gasteiger partial charge < -0.3 is 19.3 Å². The van der Waals surface area contributed by atoms with Gasteiger partial charge in [-0.15, -0.1) is 0 Å². The molecule has 6 nitrogen and oxygen atoms in total. The van der Waals surface area contributed by atoms with Crippen molar-refractivity contribution in [3.8, 4) is 0 Å². The van der Waals surface area contributed by atoms with Gasteiger partial charge in [-0.25, -0.2) is 17.6 Å². The Balaban J connectivity index is 4.17. The Kier molecular flexibility index (Phi) is 31.4. The zero-order valence-corrected chi connectivity index (χ0v) is 32.9. The summed E-state index contributed by atoms with van der Waals surface area (Å²) < 4.78 is 65.2. The molecule has 51 heavy (non-hydrogen) atoms. The average Bonchev–Trinajstić information content (AvgIpc) is 3.07. The molecular formula is C41H74F4N2O4. The van der Waals surface area contributed by atoms with Crippen LogP contribution in [0.5, 0.6) is 0 Å². The molecule has 0 aliphatic heterocycles. The van der Waals surface area contributed by atoms with Crippen molar-refractivity contribution in [3.05, 3.63) is 24.3 Å². The number of nitrogens with zero attached hydrogens (tertiary/aromatic N) is 2. The molecule has 0 saturated heterocycles. The zero-order valence-electron chi connectivity index (χ0n) is 32.9. The minimum atomic E-state index is -2.84. The first-order valence-corrected chi connectivity index (χ1v) is 20.2. The number of hydrogen-bond acceptors (Lipinski definition) is 6. The molecule has 0 spiro atoms. The first-order chi connectivity index (χ1) is 24.4. The van der Waals surface area contributed by atoms with Gasteiger partial charge >= 0.3 is 11.9 Å². The summed E-state index contributed by atoms with van der Waals surface area (Å²) >= 11 is 0. The molecule has 0 atom stereocenters. The molecule has 0 N–H and O–H groups in total. The van der Waals surface area contributed by atoms with Crippen LogP contribution in [0.3, 0.4) is 0 Å². The predicted molar refractivity (Wildman–Crippen MR) is 203 cm³/mol. The second kappa shape index (κ2) is 32.7. The van der Waals surface area contributed by atoms with Crippen molar-refractivity contribution in [2.24, 2.45) is 0 Å². The van der Waals surface area contributed by atoms with Gasteiger partial charge in [0.2, 0.25) is 0 Å². The van der Waals surface area contributed by atoms with Gasteiger partial charge in [-0.2, -0.15) is 0 Å². The van der Waals surface area contributed by atoms with E-state index in [9.17, 15) is 27.2 Å². The van der Waals surface area contributed by atoms with Gasteiger partial charge in [0.1, 0.15) is 13.2 Å². The van der Waals surface area contributed by atoms with E-state index in [1.54, 1.807) is 0 Å². The normalized spacial score (nSPS) is 12.6. The lowest BCUT2D eigenvalue weighted by Crippen LogP contribution is -2.27. The third-order valence-corrected chi connectivity index (χ3v) is 8.92. The van der Waals surface area contributed by atoms with E-state index in [2.05, 4.69) is 23.9 Å². The molecule has 0 saturated carbocycles. The van der Waals surface area contributed by atoms with Crippen LogP contribution in [0.25, 0.3) is 0 Å². The number of alkyl halides is 4. The third-order valence-electron chi connectivity index (χ3n) is 8.92. The van der Waals surface area contributed by atoms with Crippen LogP contribution in [0.4, 0.5) is 17.6 Å². The number of esters is 2. The van der Waals surface area contributed by atoms with Crippen LogP contribution < -0.4 is 0 Å². The van der Waals surface area contributed by atoms with Gasteiger partial charge in [0.15, 0.2) is 0 Å². The Morgan fingerprint density at radius 1 is 0.510 bits per heavy atom. The topological polar surface area (TPSA) is 59.1 Å². The van der Waals surface area contributed by atoms with Gasteiger partial charge in [-0.1, -0.05) is 84.5 Å². The van der Waals surface area contributed by atoms with Crippen molar-refractivity contribution in [2.75, 3.05) is 53.5 Å². The number of carbonyl (C=O) groups is 2. The van der Waals surface area contributed by atoms with E-state index in [4.69, 9.17) is 9.47 Å². The molecule has 300 valence electrons. The number of rotatable bonds is 36. The van der Waals surface area contributed by atoms with Gasteiger partial charge in [-0.05, 0) is 116 Å². The molecule has 0 amide bonds. The van der Waals surface area contributed by atoms with E-state index in [0.29, 0.717) is 25.7 Å². The lowest BCUT2D eigenvalue weighted by atomic mass is 10.1. The van der Waals surface area contributed by atoms with E-state index in [0.717, 1.165) is 128 Å². The van der Waals surface area contributed by atoms with Crippen molar-refractivity contribution in [1.82, 2.24) is 9.80 Å². The highest BCUT2D eigenvalue weighted by Gasteiger charge is 2.24. The number of carbonyl (C=O) groups excluding carboxylic acids is 2. The quantitative estimate of drug-likeness (QED) is 0.0276. The average molecular weight is 735 g/mol. The standard InChI is InChI=1S/C41H74F4N2O4/c1-5-7-18-28-40(42,43)30-24-36-50-38(48)26-16-11-9-13-21-33-47(35-23-15-20-32-46(3)4)34-22-14-10-12-17-27-39(49)51-37-25-31-41(44,45)29-19-8-6-2/h24-25,30-31H,5-23,26-29,32-37H2,1-4H3/b30-24-,31-25-. The maximum absolute atomic E-state index is 13.8. The van der Waals surface area contributed by atoms with Crippen molar-refractivity contribution in [1.29, 1.82) is 0 Å². The summed E-state index contributed by atoms with van der Waals surface area (Å²) in [5.41, 5.74) is 0. The Hall–Kier alpha value is -1.94. The number of allylic oxidation sites excluding steroid dienone is 2. The molecule has 10 heteroatoms. The monoisotopic (exact) mass is 735 g/mol. The molecule has 0 aliphatic rings. The largest absolute Gasteiger partial charge is 0.461 e. The molecule has 0 aromatic heterocycles. The molecule has 0 aromatic carbocycles. The smallest absolute Gasteiger partial charge is 0.306 e. The Labute approximate surface area is 309 Å². The lowest BCUT2D eigenvalue weighted by molar-refractivity contribution is -0.143. The number of unbranched alkanes of at least 4 members (excludes halogenated alkanes) is 14. The van der Waals surface area contributed by atoms with Gasteiger partial charge in [0.05, 0.1) is 0 Å². The second-order valence-electron chi connectivity index (χ2n) is 14.3. The maximum atomic E-state index is 13.8. The van der Waals surface area contributed by atoms with Gasteiger partial charge in [-0.3, -0.25) is 9.59 Å². The molecule has 0 radical (unpaired) electrons. The van der Waals surface area contributed by atoms with E-state index >= 15 is 0 Å². The van der Waals surface area contributed by atoms with E-state index < -0.39 is 11.8 Å². The molecule has 0 aromatic rings. The molecule has 0 aliphatic carbocycles. The maximum Gasteiger partial charge on any atom is 0.306 e.